The number of benzene rings is 10. The Hall–Kier alpha value is -7.12. The van der Waals surface area contributed by atoms with E-state index in [2.05, 4.69) is 235 Å². The van der Waals surface area contributed by atoms with Gasteiger partial charge >= 0.3 is 0 Å². The highest BCUT2D eigenvalue weighted by Gasteiger charge is 2.11. The minimum atomic E-state index is 0.980. The van der Waals surface area contributed by atoms with Crippen molar-refractivity contribution in [3.05, 3.63) is 240 Å². The van der Waals surface area contributed by atoms with E-state index in [-0.39, 0.29) is 0 Å². The fraction of sp³-hybridized carbons (Fsp3) is 0.333. The average molecular weight is 1350 g/mol. The lowest BCUT2D eigenvalue weighted by Gasteiger charge is -1.99. The van der Waals surface area contributed by atoms with Gasteiger partial charge in [0, 0.05) is 91.5 Å². The highest BCUT2D eigenvalue weighted by molar-refractivity contribution is 7.27. The van der Waals surface area contributed by atoms with Crippen LogP contribution in [0.15, 0.2) is 217 Å². The van der Waals surface area contributed by atoms with Gasteiger partial charge in [-0.05, 0) is 115 Å². The van der Waals surface area contributed by atoms with Gasteiger partial charge in [0.15, 0.2) is 0 Å². The molecule has 0 bridgehead atoms. The van der Waals surface area contributed by atoms with Crippen molar-refractivity contribution in [3.8, 4) is 0 Å². The molecule has 0 aliphatic heterocycles. The zero-order chi connectivity index (χ0) is 71.3. The van der Waals surface area contributed by atoms with E-state index < -0.39 is 0 Å². The third kappa shape index (κ3) is 22.7. The summed E-state index contributed by atoms with van der Waals surface area (Å²) in [5.41, 5.74) is 9.08. The second kappa shape index (κ2) is 50.3. The first-order valence-corrected chi connectivity index (χ1v) is 39.7. The maximum atomic E-state index is 5.87. The van der Waals surface area contributed by atoms with E-state index in [4.69, 9.17) is 4.42 Å². The predicted octanol–water partition coefficient (Wildman–Crippen LogP) is 32.9. The van der Waals surface area contributed by atoms with Gasteiger partial charge in [-0.2, -0.15) is 0 Å². The van der Waals surface area contributed by atoms with Crippen molar-refractivity contribution in [1.29, 1.82) is 0 Å². The normalized spacial score (nSPS) is 9.53. The summed E-state index contributed by atoms with van der Waals surface area (Å²) in [6.07, 6.45) is 5.46. The van der Waals surface area contributed by atoms with Crippen LogP contribution in [-0.4, -0.2) is 0 Å². The first-order valence-electron chi connectivity index (χ1n) is 36.4. The number of thiophene rings is 4. The van der Waals surface area contributed by atoms with E-state index >= 15 is 0 Å². The van der Waals surface area contributed by atoms with E-state index in [1.807, 2.05) is 196 Å². The van der Waals surface area contributed by atoms with Crippen molar-refractivity contribution in [2.75, 3.05) is 0 Å². The average Bonchev–Trinajstić information content (AvgIpc) is 1.69. The fourth-order valence-electron chi connectivity index (χ4n) is 10.3. The van der Waals surface area contributed by atoms with Gasteiger partial charge in [0.25, 0.3) is 0 Å². The number of furan rings is 1. The van der Waals surface area contributed by atoms with E-state index in [0.29, 0.717) is 0 Å². The molecule has 510 valence electrons. The molecule has 95 heavy (non-hydrogen) atoms. The van der Waals surface area contributed by atoms with Crippen LogP contribution in [0.4, 0.5) is 0 Å². The molecule has 0 spiro atoms. The zero-order valence-corrected chi connectivity index (χ0v) is 66.6. The van der Waals surface area contributed by atoms with Gasteiger partial charge in [-0.1, -0.05) is 331 Å². The lowest BCUT2D eigenvalue weighted by Crippen LogP contribution is -1.79. The Kier molecular flexibility index (Phi) is 45.5. The molecular weight excluding hydrogens is 1230 g/mol. The largest absolute Gasteiger partial charge is 0.456 e. The van der Waals surface area contributed by atoms with Crippen LogP contribution in [0.2, 0.25) is 0 Å². The van der Waals surface area contributed by atoms with Crippen LogP contribution >= 0.6 is 45.3 Å². The Labute approximate surface area is 593 Å². The third-order valence-corrected chi connectivity index (χ3v) is 19.0. The van der Waals surface area contributed by atoms with Crippen LogP contribution < -0.4 is 0 Å². The summed E-state index contributed by atoms with van der Waals surface area (Å²) in [6.45, 7) is 51.0. The summed E-state index contributed by atoms with van der Waals surface area (Å²) in [4.78, 5) is 0. The minimum absolute atomic E-state index is 0.980. The van der Waals surface area contributed by atoms with Crippen molar-refractivity contribution in [3.63, 3.8) is 0 Å². The van der Waals surface area contributed by atoms with Crippen molar-refractivity contribution < 1.29 is 4.42 Å². The molecule has 0 aliphatic rings. The molecule has 15 rings (SSSR count). The molecule has 0 N–H and O–H groups in total. The number of hydrogen-bond donors (Lipinski definition) is 0. The smallest absolute Gasteiger partial charge is 0.138 e. The maximum absolute atomic E-state index is 5.87. The molecule has 0 saturated carbocycles. The second-order valence-corrected chi connectivity index (χ2v) is 23.1. The predicted molar refractivity (Wildman–Crippen MR) is 451 cm³/mol. The van der Waals surface area contributed by atoms with E-state index in [1.54, 1.807) is 0 Å². The SMILES string of the molecule is CC.CC.CC.CC.CC.CC.CC.CC.CC.CC.CCc1ccc2c(c1)sc1ccccc12.CCc1ccc2sc3ccccc3c2c1.CCc1cccc2c1oc1ccccc12.CCc1cccc2c1sc1ccccc12.CCc1cccc2sc3ccccc3c12. The van der Waals surface area contributed by atoms with E-state index in [0.717, 1.165) is 43.3 Å². The van der Waals surface area contributed by atoms with Gasteiger partial charge in [0.1, 0.15) is 11.2 Å². The number of para-hydroxylation sites is 2. The summed E-state index contributed by atoms with van der Waals surface area (Å²) >= 11 is 7.58. The third-order valence-electron chi connectivity index (χ3n) is 14.3. The van der Waals surface area contributed by atoms with Gasteiger partial charge in [-0.25, -0.2) is 0 Å². The first-order chi connectivity index (χ1) is 47.0. The summed E-state index contributed by atoms with van der Waals surface area (Å²) in [6, 6.07) is 76.0. The van der Waals surface area contributed by atoms with Crippen LogP contribution in [0.3, 0.4) is 0 Å². The molecule has 0 unspecified atom stereocenters. The van der Waals surface area contributed by atoms with Crippen molar-refractivity contribution >= 4 is 148 Å². The molecule has 5 heterocycles. The molecule has 0 fully saturated rings. The van der Waals surface area contributed by atoms with Crippen molar-refractivity contribution in [1.82, 2.24) is 0 Å². The van der Waals surface area contributed by atoms with Gasteiger partial charge in [-0.15, -0.1) is 45.3 Å². The molecule has 0 saturated heterocycles. The molecule has 0 amide bonds. The van der Waals surface area contributed by atoms with Gasteiger partial charge in [-0.3, -0.25) is 0 Å². The first kappa shape index (κ1) is 85.9. The topological polar surface area (TPSA) is 13.1 Å². The molecule has 15 aromatic rings. The summed E-state index contributed by atoms with van der Waals surface area (Å²) in [5.74, 6) is 0. The Morgan fingerprint density at radius 3 is 1.12 bits per heavy atom. The highest BCUT2D eigenvalue weighted by Crippen LogP contribution is 2.39. The Morgan fingerprint density at radius 2 is 0.579 bits per heavy atom. The summed E-state index contributed by atoms with van der Waals surface area (Å²) < 4.78 is 17.1. The molecule has 5 heteroatoms. The second-order valence-electron chi connectivity index (χ2n) is 18.8. The standard InChI is InChI=1S/C14H12O.4C14H12S.10C2H6/c2*1-2-10-6-5-8-12-11-7-3-4-9-13(11)15-14(10)12;1-2-10-6-5-9-13-14(10)11-7-3-4-8-12(11)15-13;1-2-10-7-8-14-12(9-10)11-5-3-4-6-13(11)15-14;1-2-10-7-8-12-11-5-3-4-6-13(11)15-14(12)9-10;10*1-2/h5*3-9H,2H2,1H3;10*1-2H3. The number of fused-ring (bicyclic) bond motifs is 15. The lowest BCUT2D eigenvalue weighted by molar-refractivity contribution is 0.663. The fourth-order valence-corrected chi connectivity index (χ4v) is 15.0. The van der Waals surface area contributed by atoms with Gasteiger partial charge < -0.3 is 4.42 Å². The molecule has 10 aromatic carbocycles. The van der Waals surface area contributed by atoms with Crippen molar-refractivity contribution in [2.24, 2.45) is 0 Å². The monoisotopic (exact) mass is 1340 g/mol. The zero-order valence-electron chi connectivity index (χ0n) is 63.3. The number of rotatable bonds is 5. The molecule has 1 nitrogen and oxygen atoms in total. The van der Waals surface area contributed by atoms with E-state index in [9.17, 15) is 0 Å². The van der Waals surface area contributed by atoms with Crippen LogP contribution in [0.5, 0.6) is 0 Å². The molecular formula is C90H120OS4. The van der Waals surface area contributed by atoms with Crippen LogP contribution in [0.25, 0.3) is 103 Å². The Morgan fingerprint density at radius 1 is 0.232 bits per heavy atom. The minimum Gasteiger partial charge on any atom is -0.456 e. The molecule has 0 atom stereocenters. The molecule has 0 radical (unpaired) electrons. The van der Waals surface area contributed by atoms with Gasteiger partial charge in [0.2, 0.25) is 0 Å². The van der Waals surface area contributed by atoms with Crippen LogP contribution in [0.1, 0.15) is 201 Å². The van der Waals surface area contributed by atoms with E-state index in [1.165, 1.54) is 119 Å². The molecule has 0 aliphatic carbocycles. The lowest BCUT2D eigenvalue weighted by atomic mass is 10.0. The quantitative estimate of drug-likeness (QED) is 0.167. The molecule has 5 aromatic heterocycles. The Bertz CT molecular complexity index is 4280. The van der Waals surface area contributed by atoms with Crippen LogP contribution in [0, 0.1) is 0 Å². The maximum Gasteiger partial charge on any atom is 0.138 e. The summed E-state index contributed by atoms with van der Waals surface area (Å²) in [5, 5.41) is 13.7. The van der Waals surface area contributed by atoms with Crippen LogP contribution in [-0.2, 0) is 32.1 Å². The number of aryl methyl sites for hydroxylation is 5. The van der Waals surface area contributed by atoms with Gasteiger partial charge in [0.05, 0.1) is 0 Å². The summed E-state index contributed by atoms with van der Waals surface area (Å²) in [7, 11) is 0. The Balaban J connectivity index is 0.000000556. The van der Waals surface area contributed by atoms with Crippen molar-refractivity contribution in [2.45, 2.75) is 205 Å². The highest BCUT2D eigenvalue weighted by atomic mass is 32.1. The number of hydrogen-bond acceptors (Lipinski definition) is 5.